The van der Waals surface area contributed by atoms with Gasteiger partial charge < -0.3 is 0 Å². The molecule has 1 amide bonds. The van der Waals surface area contributed by atoms with Gasteiger partial charge in [-0.2, -0.15) is 10.2 Å². The number of unbranched alkanes of at least 4 members (excludes halogenated alkanes) is 1. The van der Waals surface area contributed by atoms with Gasteiger partial charge in [0.15, 0.2) is 5.69 Å². The minimum atomic E-state index is -0.461. The van der Waals surface area contributed by atoms with Crippen LogP contribution < -0.4 is 11.0 Å². The maximum absolute atomic E-state index is 12.9. The number of nitrogens with one attached hydrogen (secondary N) is 1. The molecule has 152 valence electrons. The van der Waals surface area contributed by atoms with E-state index in [1.807, 2.05) is 31.2 Å². The first-order valence-corrected chi connectivity index (χ1v) is 10.6. The van der Waals surface area contributed by atoms with Crippen LogP contribution in [-0.4, -0.2) is 26.4 Å². The fraction of sp³-hybridized carbons (Fsp3) is 0.227. The van der Waals surface area contributed by atoms with Crippen molar-refractivity contribution in [3.05, 3.63) is 69.6 Å². The van der Waals surface area contributed by atoms with Gasteiger partial charge in [-0.1, -0.05) is 43.7 Å². The van der Waals surface area contributed by atoms with Crippen molar-refractivity contribution in [2.24, 2.45) is 5.10 Å². The lowest BCUT2D eigenvalue weighted by atomic mass is 10.1. The van der Waals surface area contributed by atoms with Gasteiger partial charge in [-0.3, -0.25) is 9.59 Å². The van der Waals surface area contributed by atoms with E-state index in [1.54, 1.807) is 31.2 Å². The number of aromatic nitrogens is 3. The Labute approximate surface area is 177 Å². The Bertz CT molecular complexity index is 1290. The number of hydrogen-bond acceptors (Lipinski definition) is 6. The molecule has 0 aliphatic heterocycles. The van der Waals surface area contributed by atoms with Crippen LogP contribution in [0.1, 0.15) is 42.2 Å². The van der Waals surface area contributed by atoms with Crippen LogP contribution in [0.15, 0.2) is 58.4 Å². The van der Waals surface area contributed by atoms with Gasteiger partial charge in [-0.05, 0) is 31.5 Å². The number of hydrazone groups is 1. The number of para-hydroxylation sites is 1. The first-order chi connectivity index (χ1) is 14.6. The standard InChI is InChI=1S/C22H21N5O2S/c1-3-4-13-27-22(29)16-10-6-5-9-15(16)19(26-27)20(28)25-24-14(2)21-23-17-11-7-8-12-18(17)30-21/h5-12H,3-4,13H2,1-2H3,(H,25,28)/b24-14-. The molecule has 7 nitrogen and oxygen atoms in total. The number of aryl methyl sites for hydroxylation is 1. The molecule has 4 rings (SSSR count). The average Bonchev–Trinajstić information content (AvgIpc) is 3.21. The fourth-order valence-corrected chi connectivity index (χ4v) is 4.04. The van der Waals surface area contributed by atoms with E-state index >= 15 is 0 Å². The molecule has 2 aromatic carbocycles. The summed E-state index contributed by atoms with van der Waals surface area (Å²) in [6, 6.07) is 14.8. The van der Waals surface area contributed by atoms with Crippen LogP contribution in [0.25, 0.3) is 21.0 Å². The summed E-state index contributed by atoms with van der Waals surface area (Å²) in [5, 5.41) is 10.3. The molecule has 0 saturated carbocycles. The first kappa shape index (κ1) is 19.9. The van der Waals surface area contributed by atoms with Gasteiger partial charge in [-0.25, -0.2) is 15.1 Å². The quantitative estimate of drug-likeness (QED) is 0.378. The summed E-state index contributed by atoms with van der Waals surface area (Å²) in [6.45, 7) is 4.30. The van der Waals surface area contributed by atoms with Crippen molar-refractivity contribution in [2.75, 3.05) is 0 Å². The van der Waals surface area contributed by atoms with E-state index in [0.29, 0.717) is 23.0 Å². The Hall–Kier alpha value is -3.39. The smallest absolute Gasteiger partial charge is 0.267 e. The van der Waals surface area contributed by atoms with Gasteiger partial charge in [0.25, 0.3) is 11.5 Å². The minimum absolute atomic E-state index is 0.183. The molecule has 8 heteroatoms. The lowest BCUT2D eigenvalue weighted by Crippen LogP contribution is -2.29. The van der Waals surface area contributed by atoms with Crippen molar-refractivity contribution in [3.8, 4) is 0 Å². The number of carbonyl (C=O) groups excluding carboxylic acids is 1. The number of rotatable bonds is 6. The molecule has 0 bridgehead atoms. The van der Waals surface area contributed by atoms with Crippen LogP contribution in [-0.2, 0) is 6.54 Å². The Morgan fingerprint density at radius 1 is 1.13 bits per heavy atom. The minimum Gasteiger partial charge on any atom is -0.267 e. The Balaban J connectivity index is 1.66. The Morgan fingerprint density at radius 3 is 2.63 bits per heavy atom. The Kier molecular flexibility index (Phi) is 5.67. The summed E-state index contributed by atoms with van der Waals surface area (Å²) >= 11 is 1.51. The zero-order valence-electron chi connectivity index (χ0n) is 16.8. The summed E-state index contributed by atoms with van der Waals surface area (Å²) in [6.07, 6.45) is 1.73. The maximum Gasteiger partial charge on any atom is 0.292 e. The highest BCUT2D eigenvalue weighted by molar-refractivity contribution is 7.20. The molecule has 4 aromatic rings. The van der Waals surface area contributed by atoms with Gasteiger partial charge >= 0.3 is 0 Å². The zero-order chi connectivity index (χ0) is 21.1. The normalized spacial score (nSPS) is 11.9. The molecule has 0 radical (unpaired) electrons. The summed E-state index contributed by atoms with van der Waals surface area (Å²) in [7, 11) is 0. The van der Waals surface area contributed by atoms with E-state index in [2.05, 4.69) is 20.6 Å². The number of benzene rings is 2. The average molecular weight is 420 g/mol. The predicted octanol–water partition coefficient (Wildman–Crippen LogP) is 3.96. The van der Waals surface area contributed by atoms with Crippen LogP contribution in [0.4, 0.5) is 0 Å². The highest BCUT2D eigenvalue weighted by Gasteiger charge is 2.16. The van der Waals surface area contributed by atoms with Crippen LogP contribution in [0.3, 0.4) is 0 Å². The van der Waals surface area contributed by atoms with Gasteiger partial charge in [0.05, 0.1) is 21.3 Å². The molecule has 0 atom stereocenters. The molecule has 0 fully saturated rings. The summed E-state index contributed by atoms with van der Waals surface area (Å²) in [5.74, 6) is -0.461. The van der Waals surface area contributed by atoms with Gasteiger partial charge in [-0.15, -0.1) is 11.3 Å². The number of hydrogen-bond donors (Lipinski definition) is 1. The maximum atomic E-state index is 12.9. The molecular weight excluding hydrogens is 398 g/mol. The van der Waals surface area contributed by atoms with E-state index in [4.69, 9.17) is 0 Å². The van der Waals surface area contributed by atoms with E-state index in [0.717, 1.165) is 28.1 Å². The van der Waals surface area contributed by atoms with Crippen LogP contribution in [0, 0.1) is 0 Å². The molecule has 30 heavy (non-hydrogen) atoms. The lowest BCUT2D eigenvalue weighted by molar-refractivity contribution is 0.0949. The molecule has 0 unspecified atom stereocenters. The monoisotopic (exact) mass is 419 g/mol. The number of fused-ring (bicyclic) bond motifs is 2. The Morgan fingerprint density at radius 2 is 1.87 bits per heavy atom. The lowest BCUT2D eigenvalue weighted by Gasteiger charge is -2.10. The second kappa shape index (κ2) is 8.54. The zero-order valence-corrected chi connectivity index (χ0v) is 17.6. The fourth-order valence-electron chi connectivity index (χ4n) is 3.12. The molecule has 0 spiro atoms. The number of thiazole rings is 1. The SMILES string of the molecule is CCCCn1nc(C(=O)N/N=C(/C)c2nc3ccccc3s2)c2ccccc2c1=O. The summed E-state index contributed by atoms with van der Waals surface area (Å²) in [4.78, 5) is 30.1. The summed E-state index contributed by atoms with van der Waals surface area (Å²) in [5.41, 5.74) is 4.07. The molecule has 2 heterocycles. The van der Waals surface area contributed by atoms with Crippen LogP contribution >= 0.6 is 11.3 Å². The number of carbonyl (C=O) groups is 1. The molecular formula is C22H21N5O2S. The van der Waals surface area contributed by atoms with Crippen molar-refractivity contribution in [3.63, 3.8) is 0 Å². The molecule has 2 aromatic heterocycles. The first-order valence-electron chi connectivity index (χ1n) is 9.79. The largest absolute Gasteiger partial charge is 0.292 e. The van der Waals surface area contributed by atoms with Gasteiger partial charge in [0, 0.05) is 11.9 Å². The topological polar surface area (TPSA) is 89.2 Å². The van der Waals surface area contributed by atoms with Gasteiger partial charge in [0.2, 0.25) is 0 Å². The van der Waals surface area contributed by atoms with Gasteiger partial charge in [0.1, 0.15) is 5.01 Å². The molecule has 0 saturated heterocycles. The second-order valence-electron chi connectivity index (χ2n) is 6.90. The molecule has 0 aliphatic rings. The number of nitrogens with zero attached hydrogens (tertiary/aromatic N) is 4. The van der Waals surface area contributed by atoms with Crippen molar-refractivity contribution in [2.45, 2.75) is 33.2 Å². The van der Waals surface area contributed by atoms with Crippen LogP contribution in [0.2, 0.25) is 0 Å². The van der Waals surface area contributed by atoms with Crippen molar-refractivity contribution in [1.29, 1.82) is 0 Å². The van der Waals surface area contributed by atoms with E-state index < -0.39 is 5.91 Å². The highest BCUT2D eigenvalue weighted by atomic mass is 32.1. The third kappa shape index (κ3) is 3.86. The van der Waals surface area contributed by atoms with E-state index in [1.165, 1.54) is 16.0 Å². The van der Waals surface area contributed by atoms with Crippen molar-refractivity contribution < 1.29 is 4.79 Å². The van der Waals surface area contributed by atoms with E-state index in [9.17, 15) is 9.59 Å². The highest BCUT2D eigenvalue weighted by Crippen LogP contribution is 2.22. The van der Waals surface area contributed by atoms with Crippen molar-refractivity contribution in [1.82, 2.24) is 20.2 Å². The number of amides is 1. The predicted molar refractivity (Wildman–Crippen MR) is 120 cm³/mol. The van der Waals surface area contributed by atoms with E-state index in [-0.39, 0.29) is 11.3 Å². The van der Waals surface area contributed by atoms with Crippen LogP contribution in [0.5, 0.6) is 0 Å². The van der Waals surface area contributed by atoms with Crippen molar-refractivity contribution >= 4 is 43.9 Å². The molecule has 0 aliphatic carbocycles. The summed E-state index contributed by atoms with van der Waals surface area (Å²) < 4.78 is 2.43. The third-order valence-corrected chi connectivity index (χ3v) is 5.88. The second-order valence-corrected chi connectivity index (χ2v) is 7.93. The third-order valence-electron chi connectivity index (χ3n) is 4.73. The molecule has 1 N–H and O–H groups in total.